The highest BCUT2D eigenvalue weighted by Crippen LogP contribution is 2.18. The first-order valence-corrected chi connectivity index (χ1v) is 9.57. The minimum atomic E-state index is 0.0388. The van der Waals surface area contributed by atoms with E-state index in [-0.39, 0.29) is 11.8 Å². The summed E-state index contributed by atoms with van der Waals surface area (Å²) in [7, 11) is 0. The van der Waals surface area contributed by atoms with E-state index in [1.807, 2.05) is 41.0 Å². The Kier molecular flexibility index (Phi) is 6.04. The average Bonchev–Trinajstić information content (AvgIpc) is 3.21. The monoisotopic (exact) mass is 359 g/mol. The van der Waals surface area contributed by atoms with Gasteiger partial charge in [-0.15, -0.1) is 11.3 Å². The van der Waals surface area contributed by atoms with Crippen LogP contribution in [0, 0.1) is 11.8 Å². The maximum Gasteiger partial charge on any atom is 0.246 e. The lowest BCUT2D eigenvalue weighted by Gasteiger charge is -2.23. The third-order valence-electron chi connectivity index (χ3n) is 4.13. The molecule has 5 nitrogen and oxygen atoms in total. The van der Waals surface area contributed by atoms with Crippen LogP contribution in [0.2, 0.25) is 0 Å². The van der Waals surface area contributed by atoms with E-state index in [9.17, 15) is 4.79 Å². The standard InChI is InChI=1S/C19H25N3O2S/c1-15(2)12-24-13-16-9-21(11-17-8-20-14-22(17)10-16)19(23)6-5-18-4-3-7-25-18/h3-8,14-16H,9-13H2,1-2H3/b6-5+/t16-/m0/s1. The molecule has 1 amide bonds. The largest absolute Gasteiger partial charge is 0.381 e. The quantitative estimate of drug-likeness (QED) is 0.744. The first-order chi connectivity index (χ1) is 12.1. The third kappa shape index (κ3) is 5.03. The molecule has 25 heavy (non-hydrogen) atoms. The van der Waals surface area contributed by atoms with E-state index in [2.05, 4.69) is 23.4 Å². The van der Waals surface area contributed by atoms with E-state index >= 15 is 0 Å². The molecule has 0 saturated carbocycles. The second kappa shape index (κ2) is 8.45. The molecule has 3 heterocycles. The molecule has 0 radical (unpaired) electrons. The molecule has 0 saturated heterocycles. The Balaban J connectivity index is 1.68. The molecule has 1 aliphatic heterocycles. The highest BCUT2D eigenvalue weighted by Gasteiger charge is 2.24. The normalized spacial score (nSPS) is 17.9. The van der Waals surface area contributed by atoms with Gasteiger partial charge in [-0.05, 0) is 23.4 Å². The van der Waals surface area contributed by atoms with Crippen LogP contribution in [0.1, 0.15) is 24.4 Å². The second-order valence-electron chi connectivity index (χ2n) is 6.90. The van der Waals surface area contributed by atoms with Crippen molar-refractivity contribution < 1.29 is 9.53 Å². The summed E-state index contributed by atoms with van der Waals surface area (Å²) >= 11 is 1.63. The number of imidazole rings is 1. The van der Waals surface area contributed by atoms with E-state index in [0.717, 1.165) is 23.7 Å². The lowest BCUT2D eigenvalue weighted by Crippen LogP contribution is -2.34. The van der Waals surface area contributed by atoms with Crippen LogP contribution in [0.5, 0.6) is 0 Å². The molecule has 134 valence electrons. The van der Waals surface area contributed by atoms with E-state index in [4.69, 9.17) is 4.74 Å². The van der Waals surface area contributed by atoms with Gasteiger partial charge in [0.2, 0.25) is 5.91 Å². The van der Waals surface area contributed by atoms with E-state index in [0.29, 0.717) is 25.6 Å². The molecule has 1 atom stereocenters. The fourth-order valence-corrected chi connectivity index (χ4v) is 3.56. The molecule has 3 rings (SSSR count). The molecule has 0 fully saturated rings. The Labute approximate surface area is 152 Å². The van der Waals surface area contributed by atoms with Crippen LogP contribution in [0.25, 0.3) is 6.08 Å². The number of hydrogen-bond donors (Lipinski definition) is 0. The highest BCUT2D eigenvalue weighted by molar-refractivity contribution is 7.10. The van der Waals surface area contributed by atoms with E-state index in [1.54, 1.807) is 17.4 Å². The van der Waals surface area contributed by atoms with E-state index < -0.39 is 0 Å². The number of rotatable bonds is 6. The molecule has 0 spiro atoms. The number of hydrogen-bond acceptors (Lipinski definition) is 4. The molecule has 1 aliphatic rings. The van der Waals surface area contributed by atoms with Crippen molar-refractivity contribution in [1.82, 2.24) is 14.5 Å². The van der Waals surface area contributed by atoms with Crippen molar-refractivity contribution in [3.8, 4) is 0 Å². The average molecular weight is 359 g/mol. The summed E-state index contributed by atoms with van der Waals surface area (Å²) in [5.41, 5.74) is 1.07. The zero-order valence-electron chi connectivity index (χ0n) is 14.8. The van der Waals surface area contributed by atoms with Crippen LogP contribution in [0.3, 0.4) is 0 Å². The number of carbonyl (C=O) groups is 1. The number of thiophene rings is 1. The molecule has 0 aromatic carbocycles. The third-order valence-corrected chi connectivity index (χ3v) is 4.97. The maximum absolute atomic E-state index is 12.7. The zero-order chi connectivity index (χ0) is 17.6. The smallest absolute Gasteiger partial charge is 0.246 e. The van der Waals surface area contributed by atoms with Crippen molar-refractivity contribution in [2.45, 2.75) is 26.9 Å². The SMILES string of the molecule is CC(C)COC[C@H]1CN(C(=O)/C=C/c2cccs2)Cc2cncn2C1. The fraction of sp³-hybridized carbons (Fsp3) is 0.474. The van der Waals surface area contributed by atoms with Crippen molar-refractivity contribution in [2.24, 2.45) is 11.8 Å². The van der Waals surface area contributed by atoms with Crippen molar-refractivity contribution in [1.29, 1.82) is 0 Å². The number of carbonyl (C=O) groups excluding carboxylic acids is 1. The summed E-state index contributed by atoms with van der Waals surface area (Å²) in [5.74, 6) is 0.825. The van der Waals surface area contributed by atoms with Gasteiger partial charge in [-0.1, -0.05) is 19.9 Å². The Bertz CT molecular complexity index is 706. The predicted molar refractivity (Wildman–Crippen MR) is 100 cm³/mol. The predicted octanol–water partition coefficient (Wildman–Crippen LogP) is 3.29. The van der Waals surface area contributed by atoms with Crippen LogP contribution < -0.4 is 0 Å². The minimum absolute atomic E-state index is 0.0388. The van der Waals surface area contributed by atoms with E-state index in [1.165, 1.54) is 0 Å². The van der Waals surface area contributed by atoms with Gasteiger partial charge in [0.25, 0.3) is 0 Å². The molecule has 2 aromatic rings. The first-order valence-electron chi connectivity index (χ1n) is 8.69. The van der Waals surface area contributed by atoms with Crippen molar-refractivity contribution in [3.63, 3.8) is 0 Å². The number of amides is 1. The van der Waals surface area contributed by atoms with Gasteiger partial charge >= 0.3 is 0 Å². The molecule has 2 aromatic heterocycles. The van der Waals surface area contributed by atoms with Gasteiger partial charge in [0, 0.05) is 42.8 Å². The van der Waals surface area contributed by atoms with Crippen LogP contribution in [-0.2, 0) is 22.6 Å². The second-order valence-corrected chi connectivity index (χ2v) is 7.88. The van der Waals surface area contributed by atoms with Crippen LogP contribution >= 0.6 is 11.3 Å². The number of fused-ring (bicyclic) bond motifs is 1. The number of aromatic nitrogens is 2. The molecule has 6 heteroatoms. The summed E-state index contributed by atoms with van der Waals surface area (Å²) in [6.45, 7) is 7.83. The van der Waals surface area contributed by atoms with Crippen LogP contribution in [0.15, 0.2) is 36.1 Å². The molecule has 0 bridgehead atoms. The van der Waals surface area contributed by atoms with Gasteiger partial charge in [0.1, 0.15) is 0 Å². The molecular weight excluding hydrogens is 334 g/mol. The van der Waals surface area contributed by atoms with Gasteiger partial charge < -0.3 is 14.2 Å². The minimum Gasteiger partial charge on any atom is -0.381 e. The molecular formula is C19H25N3O2S. The Hall–Kier alpha value is -1.92. The highest BCUT2D eigenvalue weighted by atomic mass is 32.1. The Morgan fingerprint density at radius 3 is 3.12 bits per heavy atom. The van der Waals surface area contributed by atoms with Crippen molar-refractivity contribution in [3.05, 3.63) is 46.7 Å². The Morgan fingerprint density at radius 1 is 1.48 bits per heavy atom. The van der Waals surface area contributed by atoms with Gasteiger partial charge in [-0.3, -0.25) is 4.79 Å². The van der Waals surface area contributed by atoms with Gasteiger partial charge in [0.15, 0.2) is 0 Å². The summed E-state index contributed by atoms with van der Waals surface area (Å²) < 4.78 is 7.98. The maximum atomic E-state index is 12.7. The van der Waals surface area contributed by atoms with Crippen LogP contribution in [-0.4, -0.2) is 40.1 Å². The Morgan fingerprint density at radius 2 is 2.36 bits per heavy atom. The fourth-order valence-electron chi connectivity index (χ4n) is 2.94. The van der Waals surface area contributed by atoms with Crippen molar-refractivity contribution in [2.75, 3.05) is 19.8 Å². The zero-order valence-corrected chi connectivity index (χ0v) is 15.6. The lowest BCUT2D eigenvalue weighted by molar-refractivity contribution is -0.127. The number of ether oxygens (including phenoxy) is 1. The number of nitrogens with zero attached hydrogens (tertiary/aromatic N) is 3. The summed E-state index contributed by atoms with van der Waals surface area (Å²) in [6.07, 6.45) is 7.25. The topological polar surface area (TPSA) is 47.4 Å². The van der Waals surface area contributed by atoms with Crippen molar-refractivity contribution >= 4 is 23.3 Å². The summed E-state index contributed by atoms with van der Waals surface area (Å²) in [5, 5.41) is 2.01. The van der Waals surface area contributed by atoms with Gasteiger partial charge in [-0.25, -0.2) is 4.98 Å². The van der Waals surface area contributed by atoms with Crippen LogP contribution in [0.4, 0.5) is 0 Å². The van der Waals surface area contributed by atoms with Gasteiger partial charge in [-0.2, -0.15) is 0 Å². The molecule has 0 unspecified atom stereocenters. The first kappa shape index (κ1) is 17.9. The van der Waals surface area contributed by atoms with Gasteiger partial charge in [0.05, 0.1) is 25.2 Å². The molecule has 0 aliphatic carbocycles. The molecule has 0 N–H and O–H groups in total. The summed E-state index contributed by atoms with van der Waals surface area (Å²) in [4.78, 5) is 19.9. The lowest BCUT2D eigenvalue weighted by atomic mass is 10.1. The summed E-state index contributed by atoms with van der Waals surface area (Å²) in [6, 6.07) is 4.00.